The minimum absolute atomic E-state index is 0.0444. The lowest BCUT2D eigenvalue weighted by Gasteiger charge is -2.16. The van der Waals surface area contributed by atoms with E-state index >= 15 is 0 Å². The van der Waals surface area contributed by atoms with Gasteiger partial charge in [0.05, 0.1) is 13.4 Å². The van der Waals surface area contributed by atoms with Crippen LogP contribution in [0.4, 0.5) is 17.6 Å². The zero-order valence-corrected chi connectivity index (χ0v) is 18.0. The van der Waals surface area contributed by atoms with Crippen molar-refractivity contribution in [3.63, 3.8) is 0 Å². The molecule has 0 saturated heterocycles. The second-order valence-corrected chi connectivity index (χ2v) is 7.29. The van der Waals surface area contributed by atoms with Gasteiger partial charge in [0.25, 0.3) is 5.56 Å². The van der Waals surface area contributed by atoms with Gasteiger partial charge in [-0.1, -0.05) is 0 Å². The van der Waals surface area contributed by atoms with Crippen molar-refractivity contribution in [3.8, 4) is 11.4 Å². The topological polar surface area (TPSA) is 40.5 Å². The summed E-state index contributed by atoms with van der Waals surface area (Å²) in [6, 6.07) is 6.53. The molecule has 0 aliphatic heterocycles. The molecule has 0 atom stereocenters. The molecule has 31 heavy (non-hydrogen) atoms. The molecule has 2 aromatic carbocycles. The molecule has 1 aromatic heterocycles. The lowest BCUT2D eigenvalue weighted by Crippen LogP contribution is -2.24. The first-order chi connectivity index (χ1) is 14.7. The van der Waals surface area contributed by atoms with E-state index in [1.807, 2.05) is 0 Å². The fraction of sp³-hybridized carbons (Fsp3) is 0.136. The maximum absolute atomic E-state index is 14.7. The van der Waals surface area contributed by atoms with E-state index in [0.717, 1.165) is 22.8 Å². The Balaban J connectivity index is 1.99. The van der Waals surface area contributed by atoms with Crippen molar-refractivity contribution in [1.82, 2.24) is 4.57 Å². The van der Waals surface area contributed by atoms with E-state index in [1.54, 1.807) is 0 Å². The monoisotopic (exact) mass is 497 g/mol. The van der Waals surface area contributed by atoms with E-state index in [2.05, 4.69) is 15.9 Å². The molecule has 0 fully saturated rings. The highest BCUT2D eigenvalue weighted by Crippen LogP contribution is 2.27. The third kappa shape index (κ3) is 4.82. The zero-order valence-electron chi connectivity index (χ0n) is 16.4. The predicted molar refractivity (Wildman–Crippen MR) is 111 cm³/mol. The number of nitrogens with zero attached hydrogens (tertiary/aromatic N) is 1. The number of pyridine rings is 1. The van der Waals surface area contributed by atoms with Crippen molar-refractivity contribution in [2.75, 3.05) is 7.11 Å². The Labute approximate surface area is 183 Å². The van der Waals surface area contributed by atoms with Crippen LogP contribution in [0.15, 0.2) is 51.9 Å². The van der Waals surface area contributed by atoms with Gasteiger partial charge in [0, 0.05) is 23.4 Å². The molecule has 1 heterocycles. The molecule has 0 aliphatic rings. The summed E-state index contributed by atoms with van der Waals surface area (Å²) < 4.78 is 67.2. The third-order valence-corrected chi connectivity index (χ3v) is 5.09. The Kier molecular flexibility index (Phi) is 6.84. The molecule has 0 amide bonds. The first kappa shape index (κ1) is 22.6. The first-order valence-corrected chi connectivity index (χ1v) is 9.70. The largest absolute Gasteiger partial charge is 0.504 e. The fourth-order valence-corrected chi connectivity index (χ4v) is 3.31. The summed E-state index contributed by atoms with van der Waals surface area (Å²) in [7, 11) is 1.39. The van der Waals surface area contributed by atoms with Gasteiger partial charge in [0.1, 0.15) is 34.2 Å². The van der Waals surface area contributed by atoms with Crippen molar-refractivity contribution in [2.45, 2.75) is 13.5 Å². The summed E-state index contributed by atoms with van der Waals surface area (Å²) in [5, 5.41) is 0. The number of aryl methyl sites for hydroxylation is 1. The van der Waals surface area contributed by atoms with Crippen LogP contribution in [-0.4, -0.2) is 11.7 Å². The quantitative estimate of drug-likeness (QED) is 0.326. The van der Waals surface area contributed by atoms with E-state index in [9.17, 15) is 22.4 Å². The van der Waals surface area contributed by atoms with E-state index in [1.165, 1.54) is 38.5 Å². The highest BCUT2D eigenvalue weighted by atomic mass is 79.9. The molecule has 0 saturated carbocycles. The SMILES string of the molecule is CO/C=C\c1cc(F)c(-n2c(C)cc(OCc3ccc(F)cc3F)c(Br)c2=O)c(F)c1. The minimum atomic E-state index is -0.949. The average Bonchev–Trinajstić information content (AvgIpc) is 2.71. The second kappa shape index (κ2) is 9.38. The highest BCUT2D eigenvalue weighted by Gasteiger charge is 2.20. The molecule has 9 heteroatoms. The molecular weight excluding hydrogens is 482 g/mol. The maximum Gasteiger partial charge on any atom is 0.273 e. The molecule has 0 bridgehead atoms. The number of ether oxygens (including phenoxy) is 2. The van der Waals surface area contributed by atoms with Crippen molar-refractivity contribution in [1.29, 1.82) is 0 Å². The lowest BCUT2D eigenvalue weighted by atomic mass is 10.1. The number of benzene rings is 2. The molecule has 4 nitrogen and oxygen atoms in total. The van der Waals surface area contributed by atoms with Crippen molar-refractivity contribution >= 4 is 22.0 Å². The highest BCUT2D eigenvalue weighted by molar-refractivity contribution is 9.10. The summed E-state index contributed by atoms with van der Waals surface area (Å²) in [4.78, 5) is 12.8. The standard InChI is InChI=1S/C22H16BrF4NO3/c1-12-7-19(31-11-14-3-4-15(24)10-16(14)25)20(23)22(29)28(12)21-17(26)8-13(5-6-30-2)9-18(21)27/h3-10H,11H2,1-2H3/b6-5-. The van der Waals surface area contributed by atoms with E-state index in [4.69, 9.17) is 9.47 Å². The summed E-state index contributed by atoms with van der Waals surface area (Å²) in [6.07, 6.45) is 2.63. The second-order valence-electron chi connectivity index (χ2n) is 6.50. The van der Waals surface area contributed by atoms with Crippen LogP contribution in [0.1, 0.15) is 16.8 Å². The summed E-state index contributed by atoms with van der Waals surface area (Å²) in [5.74, 6) is -3.38. The Morgan fingerprint density at radius 1 is 1.03 bits per heavy atom. The van der Waals surface area contributed by atoms with Gasteiger partial charge in [-0.2, -0.15) is 0 Å². The van der Waals surface area contributed by atoms with Crippen LogP contribution in [0, 0.1) is 30.2 Å². The zero-order chi connectivity index (χ0) is 22.7. The molecule has 0 spiro atoms. The molecule has 0 N–H and O–H groups in total. The number of hydrogen-bond donors (Lipinski definition) is 0. The van der Waals surface area contributed by atoms with Gasteiger partial charge >= 0.3 is 0 Å². The van der Waals surface area contributed by atoms with E-state index in [0.29, 0.717) is 6.07 Å². The normalized spacial score (nSPS) is 11.2. The Morgan fingerprint density at radius 2 is 1.71 bits per heavy atom. The van der Waals surface area contributed by atoms with Gasteiger partial charge in [-0.05, 0) is 58.8 Å². The number of methoxy groups -OCH3 is 1. The van der Waals surface area contributed by atoms with Crippen LogP contribution in [0.2, 0.25) is 0 Å². The van der Waals surface area contributed by atoms with Crippen molar-refractivity contribution in [2.24, 2.45) is 0 Å². The van der Waals surface area contributed by atoms with E-state index < -0.39 is 34.5 Å². The lowest BCUT2D eigenvalue weighted by molar-refractivity contribution is 0.296. The smallest absolute Gasteiger partial charge is 0.273 e. The Hall–Kier alpha value is -3.07. The van der Waals surface area contributed by atoms with Crippen LogP contribution in [0.5, 0.6) is 5.75 Å². The van der Waals surface area contributed by atoms with Crippen LogP contribution in [-0.2, 0) is 11.3 Å². The van der Waals surface area contributed by atoms with Crippen molar-refractivity contribution < 1.29 is 27.0 Å². The Bertz CT molecular complexity index is 1200. The Morgan fingerprint density at radius 3 is 2.32 bits per heavy atom. The van der Waals surface area contributed by atoms with Gasteiger partial charge in [-0.25, -0.2) is 17.6 Å². The van der Waals surface area contributed by atoms with Crippen LogP contribution < -0.4 is 10.3 Å². The first-order valence-electron chi connectivity index (χ1n) is 8.90. The van der Waals surface area contributed by atoms with Gasteiger partial charge in [-0.3, -0.25) is 9.36 Å². The molecule has 0 aliphatic carbocycles. The van der Waals surface area contributed by atoms with Gasteiger partial charge in [0.15, 0.2) is 11.6 Å². The summed E-state index contributed by atoms with van der Waals surface area (Å²) in [6.45, 7) is 1.19. The molecule has 162 valence electrons. The number of aromatic nitrogens is 1. The van der Waals surface area contributed by atoms with Crippen molar-refractivity contribution in [3.05, 3.63) is 97.6 Å². The van der Waals surface area contributed by atoms with Gasteiger partial charge in [-0.15, -0.1) is 0 Å². The van der Waals surface area contributed by atoms with Crippen LogP contribution in [0.25, 0.3) is 11.8 Å². The molecule has 0 radical (unpaired) electrons. The van der Waals surface area contributed by atoms with Crippen LogP contribution >= 0.6 is 15.9 Å². The molecule has 0 unspecified atom stereocenters. The third-order valence-electron chi connectivity index (χ3n) is 4.36. The number of rotatable bonds is 6. The summed E-state index contributed by atoms with van der Waals surface area (Å²) >= 11 is 3.08. The predicted octanol–water partition coefficient (Wildman–Crippen LogP) is 5.66. The van der Waals surface area contributed by atoms with Gasteiger partial charge < -0.3 is 9.47 Å². The number of halogens is 5. The minimum Gasteiger partial charge on any atom is -0.504 e. The van der Waals surface area contributed by atoms with Crippen LogP contribution in [0.3, 0.4) is 0 Å². The average molecular weight is 498 g/mol. The molecule has 3 rings (SSSR count). The number of hydrogen-bond acceptors (Lipinski definition) is 3. The van der Waals surface area contributed by atoms with E-state index in [-0.39, 0.29) is 33.6 Å². The fourth-order valence-electron chi connectivity index (χ4n) is 2.90. The maximum atomic E-state index is 14.7. The summed E-state index contributed by atoms with van der Waals surface area (Å²) in [5.41, 5.74) is -0.846. The van der Waals surface area contributed by atoms with Gasteiger partial charge in [0.2, 0.25) is 0 Å². The molecular formula is C22H16BrF4NO3. The molecule has 3 aromatic rings.